The van der Waals surface area contributed by atoms with Crippen molar-refractivity contribution in [3.05, 3.63) is 34.9 Å². The minimum atomic E-state index is 0.661. The molecule has 1 unspecified atom stereocenters. The van der Waals surface area contributed by atoms with Gasteiger partial charge >= 0.3 is 0 Å². The van der Waals surface area contributed by atoms with Gasteiger partial charge in [-0.05, 0) is 42.5 Å². The van der Waals surface area contributed by atoms with Gasteiger partial charge in [-0.25, -0.2) is 0 Å². The van der Waals surface area contributed by atoms with Gasteiger partial charge in [-0.15, -0.1) is 0 Å². The Morgan fingerprint density at radius 2 is 2.41 bits per heavy atom. The zero-order valence-corrected chi connectivity index (χ0v) is 10.2. The molecule has 1 aromatic rings. The summed E-state index contributed by atoms with van der Waals surface area (Å²) < 4.78 is 5.34. The molecule has 1 atom stereocenters. The molecule has 0 aliphatic carbocycles. The predicted molar refractivity (Wildman–Crippen MR) is 66.5 cm³/mol. The molecule has 1 aliphatic rings. The molecule has 0 radical (unpaired) electrons. The fourth-order valence-electron chi connectivity index (χ4n) is 2.12. The van der Waals surface area contributed by atoms with Crippen LogP contribution < -0.4 is 5.32 Å². The van der Waals surface area contributed by atoms with Gasteiger partial charge in [0.25, 0.3) is 0 Å². The third-order valence-electron chi connectivity index (χ3n) is 3.24. The second-order valence-corrected chi connectivity index (χ2v) is 4.61. The molecule has 0 bridgehead atoms. The highest BCUT2D eigenvalue weighted by Crippen LogP contribution is 2.13. The maximum absolute atomic E-state index is 8.79. The normalized spacial score (nSPS) is 19.2. The fraction of sp³-hybridized carbons (Fsp3) is 0.500. The zero-order valence-electron chi connectivity index (χ0n) is 10.2. The van der Waals surface area contributed by atoms with Crippen LogP contribution in [0.2, 0.25) is 0 Å². The van der Waals surface area contributed by atoms with Gasteiger partial charge in [0, 0.05) is 19.7 Å². The molecule has 1 N–H and O–H groups in total. The average Bonchev–Trinajstić information content (AvgIpc) is 2.84. The molecule has 1 aromatic carbocycles. The smallest absolute Gasteiger partial charge is 0.0991 e. The van der Waals surface area contributed by atoms with Crippen molar-refractivity contribution in [1.82, 2.24) is 5.32 Å². The first kappa shape index (κ1) is 12.1. The van der Waals surface area contributed by atoms with Crippen molar-refractivity contribution in [1.29, 1.82) is 5.26 Å². The van der Waals surface area contributed by atoms with E-state index in [1.165, 1.54) is 17.5 Å². The van der Waals surface area contributed by atoms with Crippen molar-refractivity contribution < 1.29 is 4.74 Å². The minimum Gasteiger partial charge on any atom is -0.381 e. The molecule has 0 saturated carbocycles. The van der Waals surface area contributed by atoms with Crippen LogP contribution in [0.5, 0.6) is 0 Å². The second-order valence-electron chi connectivity index (χ2n) is 4.61. The van der Waals surface area contributed by atoms with Crippen LogP contribution in [-0.4, -0.2) is 19.8 Å². The maximum Gasteiger partial charge on any atom is 0.0991 e. The first-order chi connectivity index (χ1) is 8.29. The van der Waals surface area contributed by atoms with Crippen molar-refractivity contribution >= 4 is 0 Å². The molecule has 1 aliphatic heterocycles. The van der Waals surface area contributed by atoms with E-state index in [4.69, 9.17) is 10.00 Å². The number of ether oxygens (including phenoxy) is 1. The van der Waals surface area contributed by atoms with E-state index in [0.717, 1.165) is 31.9 Å². The van der Waals surface area contributed by atoms with Crippen molar-refractivity contribution in [3.8, 4) is 6.07 Å². The van der Waals surface area contributed by atoms with E-state index in [1.807, 2.05) is 18.2 Å². The summed E-state index contributed by atoms with van der Waals surface area (Å²) in [5.74, 6) is 0.661. The Kier molecular flexibility index (Phi) is 4.13. The molecule has 1 heterocycles. The Balaban J connectivity index is 1.84. The molecule has 1 fully saturated rings. The van der Waals surface area contributed by atoms with Crippen molar-refractivity contribution in [2.45, 2.75) is 19.9 Å². The van der Waals surface area contributed by atoms with Crippen molar-refractivity contribution in [3.63, 3.8) is 0 Å². The van der Waals surface area contributed by atoms with Crippen LogP contribution in [0.15, 0.2) is 18.2 Å². The fourth-order valence-corrected chi connectivity index (χ4v) is 2.12. The lowest BCUT2D eigenvalue weighted by Crippen LogP contribution is -2.22. The number of hydrogen-bond acceptors (Lipinski definition) is 3. The average molecular weight is 230 g/mol. The van der Waals surface area contributed by atoms with Gasteiger partial charge < -0.3 is 10.1 Å². The summed E-state index contributed by atoms with van der Waals surface area (Å²) in [5.41, 5.74) is 3.18. The molecule has 0 spiro atoms. The monoisotopic (exact) mass is 230 g/mol. The first-order valence-corrected chi connectivity index (χ1v) is 6.07. The molecule has 0 amide bonds. The van der Waals surface area contributed by atoms with Crippen LogP contribution in [0, 0.1) is 24.2 Å². The van der Waals surface area contributed by atoms with E-state index < -0.39 is 0 Å². The largest absolute Gasteiger partial charge is 0.381 e. The molecular formula is C14H18N2O. The highest BCUT2D eigenvalue weighted by atomic mass is 16.5. The number of nitriles is 1. The summed E-state index contributed by atoms with van der Waals surface area (Å²) >= 11 is 0. The number of nitrogens with zero attached hydrogens (tertiary/aromatic N) is 1. The van der Waals surface area contributed by atoms with Crippen LogP contribution in [-0.2, 0) is 11.3 Å². The van der Waals surface area contributed by atoms with Crippen molar-refractivity contribution in [2.75, 3.05) is 19.8 Å². The summed E-state index contributed by atoms with van der Waals surface area (Å²) in [6.07, 6.45) is 1.17. The van der Waals surface area contributed by atoms with Crippen LogP contribution in [0.25, 0.3) is 0 Å². The molecule has 1 saturated heterocycles. The maximum atomic E-state index is 8.79. The molecule has 0 aromatic heterocycles. The van der Waals surface area contributed by atoms with Crippen LogP contribution >= 0.6 is 0 Å². The minimum absolute atomic E-state index is 0.661. The van der Waals surface area contributed by atoms with Gasteiger partial charge in [-0.3, -0.25) is 0 Å². The summed E-state index contributed by atoms with van der Waals surface area (Å²) in [6, 6.07) is 8.01. The number of nitrogens with one attached hydrogen (secondary N) is 1. The Morgan fingerprint density at radius 1 is 1.53 bits per heavy atom. The standard InChI is InChI=1S/C14H18N2O/c1-11-6-12(7-15)2-3-14(11)9-16-8-13-4-5-17-10-13/h2-3,6,13,16H,4-5,8-10H2,1H3. The third-order valence-corrected chi connectivity index (χ3v) is 3.24. The number of rotatable bonds is 4. The van der Waals surface area contributed by atoms with E-state index in [0.29, 0.717) is 5.92 Å². The first-order valence-electron chi connectivity index (χ1n) is 6.07. The topological polar surface area (TPSA) is 45.0 Å². The van der Waals surface area contributed by atoms with Gasteiger partial charge in [-0.2, -0.15) is 5.26 Å². The second kappa shape index (κ2) is 5.81. The molecule has 3 heteroatoms. The van der Waals surface area contributed by atoms with E-state index in [2.05, 4.69) is 18.3 Å². The number of aryl methyl sites for hydroxylation is 1. The summed E-state index contributed by atoms with van der Waals surface area (Å²) in [6.45, 7) is 5.73. The van der Waals surface area contributed by atoms with E-state index >= 15 is 0 Å². The number of benzene rings is 1. The summed E-state index contributed by atoms with van der Waals surface area (Å²) in [7, 11) is 0. The lowest BCUT2D eigenvalue weighted by molar-refractivity contribution is 0.185. The predicted octanol–water partition coefficient (Wildman–Crippen LogP) is 1.99. The van der Waals surface area contributed by atoms with E-state index in [9.17, 15) is 0 Å². The van der Waals surface area contributed by atoms with E-state index in [1.54, 1.807) is 0 Å². The lowest BCUT2D eigenvalue weighted by Gasteiger charge is -2.11. The summed E-state index contributed by atoms with van der Waals surface area (Å²) in [5, 5.41) is 12.3. The highest BCUT2D eigenvalue weighted by molar-refractivity contribution is 5.37. The Morgan fingerprint density at radius 3 is 3.06 bits per heavy atom. The Bertz CT molecular complexity index is 417. The summed E-state index contributed by atoms with van der Waals surface area (Å²) in [4.78, 5) is 0. The van der Waals surface area contributed by atoms with Crippen LogP contribution in [0.1, 0.15) is 23.1 Å². The molecule has 17 heavy (non-hydrogen) atoms. The van der Waals surface area contributed by atoms with Crippen LogP contribution in [0.4, 0.5) is 0 Å². The van der Waals surface area contributed by atoms with Gasteiger partial charge in [0.15, 0.2) is 0 Å². The van der Waals surface area contributed by atoms with E-state index in [-0.39, 0.29) is 0 Å². The molecular weight excluding hydrogens is 212 g/mol. The lowest BCUT2D eigenvalue weighted by atomic mass is 10.0. The third kappa shape index (κ3) is 3.29. The Labute approximate surface area is 102 Å². The SMILES string of the molecule is Cc1cc(C#N)ccc1CNCC1CCOC1. The number of hydrogen-bond donors (Lipinski definition) is 1. The molecule has 2 rings (SSSR count). The quantitative estimate of drug-likeness (QED) is 0.860. The van der Waals surface area contributed by atoms with Gasteiger partial charge in [0.1, 0.15) is 0 Å². The Hall–Kier alpha value is -1.37. The van der Waals surface area contributed by atoms with Gasteiger partial charge in [-0.1, -0.05) is 6.07 Å². The van der Waals surface area contributed by atoms with Gasteiger partial charge in [0.05, 0.1) is 18.2 Å². The van der Waals surface area contributed by atoms with Crippen LogP contribution in [0.3, 0.4) is 0 Å². The molecule has 3 nitrogen and oxygen atoms in total. The highest BCUT2D eigenvalue weighted by Gasteiger charge is 2.14. The van der Waals surface area contributed by atoms with Crippen molar-refractivity contribution in [2.24, 2.45) is 5.92 Å². The van der Waals surface area contributed by atoms with Gasteiger partial charge in [0.2, 0.25) is 0 Å². The molecule has 90 valence electrons. The zero-order chi connectivity index (χ0) is 12.1.